The molecule has 2 aromatic carbocycles. The number of alkyl halides is 3. The third-order valence-corrected chi connectivity index (χ3v) is 5.79. The zero-order valence-electron chi connectivity index (χ0n) is 18.6. The largest absolute Gasteiger partial charge is 0.481 e. The molecule has 2 amide bonds. The van der Waals surface area contributed by atoms with E-state index in [9.17, 15) is 27.6 Å². The van der Waals surface area contributed by atoms with Crippen LogP contribution in [-0.4, -0.2) is 48.9 Å². The van der Waals surface area contributed by atoms with Gasteiger partial charge in [0, 0.05) is 19.0 Å². The minimum atomic E-state index is -5.00. The van der Waals surface area contributed by atoms with Gasteiger partial charge >= 0.3 is 18.2 Å². The van der Waals surface area contributed by atoms with Crippen LogP contribution < -0.4 is 10.6 Å². The lowest BCUT2D eigenvalue weighted by Crippen LogP contribution is -2.48. The number of nitrogens with one attached hydrogen (secondary N) is 2. The Bertz CT molecular complexity index is 1040. The fourth-order valence-corrected chi connectivity index (χ4v) is 3.80. The maximum atomic E-state index is 12.8. The molecule has 0 aliphatic heterocycles. The molecule has 7 nitrogen and oxygen atoms in total. The molecule has 1 atom stereocenters. The van der Waals surface area contributed by atoms with E-state index in [4.69, 9.17) is 9.84 Å². The quantitative estimate of drug-likeness (QED) is 0.533. The summed E-state index contributed by atoms with van der Waals surface area (Å²) in [5.41, 5.74) is 2.91. The van der Waals surface area contributed by atoms with Crippen molar-refractivity contribution in [3.63, 3.8) is 0 Å². The second kappa shape index (κ2) is 9.74. The van der Waals surface area contributed by atoms with Crippen LogP contribution in [0.3, 0.4) is 0 Å². The molecule has 2 aromatic rings. The number of benzene rings is 2. The van der Waals surface area contributed by atoms with Gasteiger partial charge < -0.3 is 20.5 Å². The average molecular weight is 478 g/mol. The van der Waals surface area contributed by atoms with Crippen LogP contribution in [-0.2, 0) is 14.3 Å². The first-order valence-electron chi connectivity index (χ1n) is 10.6. The molecular formula is C24H25F3N2O5. The average Bonchev–Trinajstić information content (AvgIpc) is 3.09. The van der Waals surface area contributed by atoms with E-state index >= 15 is 0 Å². The Kier molecular flexibility index (Phi) is 7.18. The van der Waals surface area contributed by atoms with E-state index in [-0.39, 0.29) is 19.1 Å². The monoisotopic (exact) mass is 478 g/mol. The normalized spacial score (nSPS) is 14.0. The predicted octanol–water partition coefficient (Wildman–Crippen LogP) is 3.93. The van der Waals surface area contributed by atoms with E-state index in [1.54, 1.807) is 0 Å². The first-order valence-corrected chi connectivity index (χ1v) is 10.6. The van der Waals surface area contributed by atoms with E-state index in [1.807, 2.05) is 53.8 Å². The molecule has 182 valence electrons. The van der Waals surface area contributed by atoms with Crippen molar-refractivity contribution in [3.8, 4) is 11.1 Å². The molecule has 3 rings (SSSR count). The van der Waals surface area contributed by atoms with Crippen molar-refractivity contribution in [1.82, 2.24) is 10.6 Å². The molecule has 1 aliphatic rings. The zero-order valence-corrected chi connectivity index (χ0v) is 18.6. The molecule has 34 heavy (non-hydrogen) atoms. The summed E-state index contributed by atoms with van der Waals surface area (Å²) in [6, 6.07) is 15.6. The number of carboxylic acids is 1. The standard InChI is InChI=1S/C24H25F3N2O5/c1-23(2,21(32)28-11-19(20(30)31)24(25,26)27)13-29-22(33)34-12-18-16-9-5-3-7-14(16)15-8-4-6-10-17(15)18/h3-10,18-19H,11-13H2,1-2H3,(H,28,32)(H,29,33)(H,30,31). The Labute approximate surface area is 194 Å². The molecular weight excluding hydrogens is 453 g/mol. The second-order valence-electron chi connectivity index (χ2n) is 8.71. The molecule has 0 heterocycles. The number of hydrogen-bond acceptors (Lipinski definition) is 4. The third-order valence-electron chi connectivity index (χ3n) is 5.79. The molecule has 0 fully saturated rings. The third kappa shape index (κ3) is 5.49. The molecule has 0 bridgehead atoms. The Morgan fingerprint density at radius 3 is 2.00 bits per heavy atom. The molecule has 0 radical (unpaired) electrons. The smallest absolute Gasteiger partial charge is 0.407 e. The van der Waals surface area contributed by atoms with Crippen molar-refractivity contribution in [1.29, 1.82) is 0 Å². The van der Waals surface area contributed by atoms with Gasteiger partial charge in [0.05, 0.1) is 5.41 Å². The maximum absolute atomic E-state index is 12.8. The van der Waals surface area contributed by atoms with Crippen LogP contribution in [0.1, 0.15) is 30.9 Å². The van der Waals surface area contributed by atoms with Crippen molar-refractivity contribution in [2.24, 2.45) is 11.3 Å². The molecule has 0 saturated carbocycles. The van der Waals surface area contributed by atoms with Gasteiger partial charge in [-0.25, -0.2) is 4.79 Å². The number of halogens is 3. The van der Waals surface area contributed by atoms with Crippen molar-refractivity contribution in [2.75, 3.05) is 19.7 Å². The van der Waals surface area contributed by atoms with Crippen LogP contribution in [0.25, 0.3) is 11.1 Å². The highest BCUT2D eigenvalue weighted by Crippen LogP contribution is 2.44. The number of aliphatic carboxylic acids is 1. The van der Waals surface area contributed by atoms with E-state index in [0.29, 0.717) is 0 Å². The molecule has 0 saturated heterocycles. The fraction of sp³-hybridized carbons (Fsp3) is 0.375. The second-order valence-corrected chi connectivity index (χ2v) is 8.71. The SMILES string of the molecule is CC(C)(CNC(=O)OCC1c2ccccc2-c2ccccc21)C(=O)NCC(C(=O)O)C(F)(F)F. The van der Waals surface area contributed by atoms with Gasteiger partial charge in [-0.2, -0.15) is 13.2 Å². The summed E-state index contributed by atoms with van der Waals surface area (Å²) < 4.78 is 43.7. The van der Waals surface area contributed by atoms with Gasteiger partial charge in [0.15, 0.2) is 5.92 Å². The fourth-order valence-electron chi connectivity index (χ4n) is 3.80. The highest BCUT2D eigenvalue weighted by atomic mass is 19.4. The van der Waals surface area contributed by atoms with Crippen LogP contribution in [0.5, 0.6) is 0 Å². The summed E-state index contributed by atoms with van der Waals surface area (Å²) >= 11 is 0. The Morgan fingerprint density at radius 1 is 0.971 bits per heavy atom. The molecule has 3 N–H and O–H groups in total. The highest BCUT2D eigenvalue weighted by Gasteiger charge is 2.45. The molecule has 1 aliphatic carbocycles. The van der Waals surface area contributed by atoms with Crippen LogP contribution in [0.4, 0.5) is 18.0 Å². The van der Waals surface area contributed by atoms with Gasteiger partial charge in [0.25, 0.3) is 0 Å². The summed E-state index contributed by atoms with van der Waals surface area (Å²) in [5, 5.41) is 13.2. The number of carbonyl (C=O) groups is 3. The van der Waals surface area contributed by atoms with Crippen LogP contribution in [0.15, 0.2) is 48.5 Å². The topological polar surface area (TPSA) is 105 Å². The van der Waals surface area contributed by atoms with Gasteiger partial charge in [-0.1, -0.05) is 48.5 Å². The number of hydrogen-bond donors (Lipinski definition) is 3. The number of ether oxygens (including phenoxy) is 1. The van der Waals surface area contributed by atoms with Gasteiger partial charge in [-0.05, 0) is 36.1 Å². The lowest BCUT2D eigenvalue weighted by molar-refractivity contribution is -0.192. The van der Waals surface area contributed by atoms with E-state index < -0.39 is 42.0 Å². The number of carboxylic acid groups (broad SMARTS) is 1. The number of rotatable bonds is 8. The molecule has 0 aromatic heterocycles. The van der Waals surface area contributed by atoms with Crippen LogP contribution in [0.2, 0.25) is 0 Å². The Hall–Kier alpha value is -3.56. The summed E-state index contributed by atoms with van der Waals surface area (Å²) in [4.78, 5) is 35.4. The van der Waals surface area contributed by atoms with E-state index in [0.717, 1.165) is 22.3 Å². The van der Waals surface area contributed by atoms with Gasteiger partial charge in [0.1, 0.15) is 6.61 Å². The minimum Gasteiger partial charge on any atom is -0.481 e. The Morgan fingerprint density at radius 2 is 1.50 bits per heavy atom. The Balaban J connectivity index is 1.54. The first kappa shape index (κ1) is 25.1. The number of fused-ring (bicyclic) bond motifs is 3. The highest BCUT2D eigenvalue weighted by molar-refractivity contribution is 5.83. The van der Waals surface area contributed by atoms with Crippen LogP contribution >= 0.6 is 0 Å². The lowest BCUT2D eigenvalue weighted by atomic mass is 9.92. The van der Waals surface area contributed by atoms with Crippen molar-refractivity contribution < 1.29 is 37.4 Å². The van der Waals surface area contributed by atoms with Crippen molar-refractivity contribution >= 4 is 18.0 Å². The summed E-state index contributed by atoms with van der Waals surface area (Å²) in [7, 11) is 0. The van der Waals surface area contributed by atoms with Gasteiger partial charge in [-0.3, -0.25) is 9.59 Å². The maximum Gasteiger partial charge on any atom is 0.407 e. The molecule has 10 heteroatoms. The summed E-state index contributed by atoms with van der Waals surface area (Å²) in [5.74, 6) is -5.78. The van der Waals surface area contributed by atoms with E-state index in [1.165, 1.54) is 13.8 Å². The lowest BCUT2D eigenvalue weighted by Gasteiger charge is -2.25. The van der Waals surface area contributed by atoms with Gasteiger partial charge in [0.2, 0.25) is 5.91 Å². The molecule has 1 unspecified atom stereocenters. The predicted molar refractivity (Wildman–Crippen MR) is 117 cm³/mol. The first-order chi connectivity index (χ1) is 15.9. The number of amides is 2. The molecule has 0 spiro atoms. The van der Waals surface area contributed by atoms with E-state index in [2.05, 4.69) is 5.32 Å². The summed E-state index contributed by atoms with van der Waals surface area (Å²) in [6.45, 7) is 1.56. The number of alkyl carbamates (subject to hydrolysis) is 1. The van der Waals surface area contributed by atoms with Crippen molar-refractivity contribution in [2.45, 2.75) is 25.9 Å². The summed E-state index contributed by atoms with van der Waals surface area (Å²) in [6.07, 6.45) is -5.77. The van der Waals surface area contributed by atoms with Crippen LogP contribution in [0, 0.1) is 11.3 Å². The number of carbonyl (C=O) groups excluding carboxylic acids is 2. The van der Waals surface area contributed by atoms with Crippen molar-refractivity contribution in [3.05, 3.63) is 59.7 Å². The van der Waals surface area contributed by atoms with Gasteiger partial charge in [-0.15, -0.1) is 0 Å². The zero-order chi connectivity index (χ0) is 25.1. The minimum absolute atomic E-state index is 0.0678.